The molecule has 1 heterocycles. The fourth-order valence-corrected chi connectivity index (χ4v) is 2.75. The minimum atomic E-state index is -2.93. The van der Waals surface area contributed by atoms with Crippen LogP contribution in [-0.4, -0.2) is 50.0 Å². The maximum absolute atomic E-state index is 12.3. The Morgan fingerprint density at radius 1 is 1.33 bits per heavy atom. The number of nitrogens with zero attached hydrogens (tertiary/aromatic N) is 1. The van der Waals surface area contributed by atoms with Crippen LogP contribution in [0.25, 0.3) is 0 Å². The Morgan fingerprint density at radius 3 is 2.67 bits per heavy atom. The Balaban J connectivity index is 2.00. The van der Waals surface area contributed by atoms with Crippen molar-refractivity contribution in [3.8, 4) is 11.5 Å². The molecule has 0 atom stereocenters. The zero-order valence-electron chi connectivity index (χ0n) is 12.1. The van der Waals surface area contributed by atoms with E-state index in [1.54, 1.807) is 19.2 Å². The summed E-state index contributed by atoms with van der Waals surface area (Å²) in [5.74, 6) is -0.137. The molecule has 0 spiro atoms. The highest BCUT2D eigenvalue weighted by Gasteiger charge is 2.24. The lowest BCUT2D eigenvalue weighted by atomic mass is 9.88. The van der Waals surface area contributed by atoms with Crippen LogP contribution in [0.1, 0.15) is 24.3 Å². The zero-order valence-corrected chi connectivity index (χ0v) is 12.1. The van der Waals surface area contributed by atoms with Crippen LogP contribution < -0.4 is 4.74 Å². The number of phenols is 1. The van der Waals surface area contributed by atoms with Gasteiger partial charge in [-0.2, -0.15) is 8.78 Å². The molecule has 0 aromatic heterocycles. The summed E-state index contributed by atoms with van der Waals surface area (Å²) in [4.78, 5) is 2.30. The number of ether oxygens (including phenoxy) is 2. The van der Waals surface area contributed by atoms with Gasteiger partial charge >= 0.3 is 6.61 Å². The van der Waals surface area contributed by atoms with Gasteiger partial charge in [0.25, 0.3) is 0 Å². The average Bonchev–Trinajstić information content (AvgIpc) is 2.47. The third-order valence-corrected chi connectivity index (χ3v) is 3.89. The molecule has 21 heavy (non-hydrogen) atoms. The van der Waals surface area contributed by atoms with Crippen molar-refractivity contribution in [3.05, 3.63) is 23.8 Å². The Morgan fingerprint density at radius 2 is 2.05 bits per heavy atom. The first-order chi connectivity index (χ1) is 10.1. The quantitative estimate of drug-likeness (QED) is 0.877. The fraction of sp³-hybridized carbons (Fsp3) is 0.600. The summed E-state index contributed by atoms with van der Waals surface area (Å²) in [6.07, 6.45) is 1.77. The SMILES string of the molecule is COCCN1CCC(c2cccc(OC(F)F)c2O)CC1. The normalized spacial score (nSPS) is 17.3. The first-order valence-corrected chi connectivity index (χ1v) is 7.09. The fourth-order valence-electron chi connectivity index (χ4n) is 2.75. The van der Waals surface area contributed by atoms with Gasteiger partial charge in [-0.05, 0) is 37.9 Å². The highest BCUT2D eigenvalue weighted by molar-refractivity contribution is 5.47. The maximum Gasteiger partial charge on any atom is 0.387 e. The minimum Gasteiger partial charge on any atom is -0.504 e. The molecule has 0 amide bonds. The second-order valence-corrected chi connectivity index (χ2v) is 5.18. The number of piperidine rings is 1. The molecule has 0 unspecified atom stereocenters. The molecule has 118 valence electrons. The van der Waals surface area contributed by atoms with Gasteiger partial charge in [0.15, 0.2) is 11.5 Å². The second-order valence-electron chi connectivity index (χ2n) is 5.18. The third kappa shape index (κ3) is 4.28. The molecule has 1 aromatic rings. The van der Waals surface area contributed by atoms with Crippen LogP contribution in [0, 0.1) is 0 Å². The topological polar surface area (TPSA) is 41.9 Å². The van der Waals surface area contributed by atoms with Gasteiger partial charge in [-0.3, -0.25) is 0 Å². The van der Waals surface area contributed by atoms with Gasteiger partial charge in [-0.1, -0.05) is 12.1 Å². The molecule has 0 saturated carbocycles. The molecule has 1 aromatic carbocycles. The number of halogens is 2. The molecule has 1 saturated heterocycles. The molecule has 4 nitrogen and oxygen atoms in total. The highest BCUT2D eigenvalue weighted by atomic mass is 19.3. The van der Waals surface area contributed by atoms with Gasteiger partial charge in [0.05, 0.1) is 6.61 Å². The largest absolute Gasteiger partial charge is 0.504 e. The van der Waals surface area contributed by atoms with Gasteiger partial charge in [0.1, 0.15) is 0 Å². The van der Waals surface area contributed by atoms with Crippen molar-refractivity contribution in [2.24, 2.45) is 0 Å². The van der Waals surface area contributed by atoms with E-state index in [0.717, 1.165) is 32.5 Å². The molecule has 1 N–H and O–H groups in total. The zero-order chi connectivity index (χ0) is 15.2. The van der Waals surface area contributed by atoms with E-state index >= 15 is 0 Å². The van der Waals surface area contributed by atoms with Crippen LogP contribution in [-0.2, 0) is 4.74 Å². The summed E-state index contributed by atoms with van der Waals surface area (Å²) in [6.45, 7) is 0.486. The molecule has 6 heteroatoms. The lowest BCUT2D eigenvalue weighted by Gasteiger charge is -2.32. The van der Waals surface area contributed by atoms with Crippen molar-refractivity contribution in [2.45, 2.75) is 25.4 Å². The lowest BCUT2D eigenvalue weighted by Crippen LogP contribution is -2.35. The highest BCUT2D eigenvalue weighted by Crippen LogP contribution is 2.39. The molecule has 0 radical (unpaired) electrons. The summed E-state index contributed by atoms with van der Waals surface area (Å²) in [5, 5.41) is 10.1. The molecule has 1 aliphatic heterocycles. The van der Waals surface area contributed by atoms with Gasteiger partial charge in [0, 0.05) is 19.2 Å². The maximum atomic E-state index is 12.3. The number of phenolic OH excluding ortho intramolecular Hbond substituents is 1. The molecular weight excluding hydrogens is 280 g/mol. The number of rotatable bonds is 6. The predicted octanol–water partition coefficient (Wildman–Crippen LogP) is 2.82. The lowest BCUT2D eigenvalue weighted by molar-refractivity contribution is -0.0513. The van der Waals surface area contributed by atoms with Crippen LogP contribution in [0.5, 0.6) is 11.5 Å². The van der Waals surface area contributed by atoms with E-state index in [1.165, 1.54) is 6.07 Å². The number of hydrogen-bond donors (Lipinski definition) is 1. The molecule has 2 rings (SSSR count). The summed E-state index contributed by atoms with van der Waals surface area (Å²) >= 11 is 0. The molecular formula is C15H21F2NO3. The molecule has 1 fully saturated rings. The van der Waals surface area contributed by atoms with Crippen LogP contribution in [0.15, 0.2) is 18.2 Å². The summed E-state index contributed by atoms with van der Waals surface area (Å²) in [6, 6.07) is 4.78. The van der Waals surface area contributed by atoms with Crippen LogP contribution in [0.4, 0.5) is 8.78 Å². The monoisotopic (exact) mass is 301 g/mol. The second kappa shape index (κ2) is 7.56. The van der Waals surface area contributed by atoms with E-state index in [2.05, 4.69) is 9.64 Å². The smallest absolute Gasteiger partial charge is 0.387 e. The average molecular weight is 301 g/mol. The van der Waals surface area contributed by atoms with Crippen molar-refractivity contribution >= 4 is 0 Å². The number of methoxy groups -OCH3 is 1. The van der Waals surface area contributed by atoms with Crippen LogP contribution in [0.2, 0.25) is 0 Å². The van der Waals surface area contributed by atoms with Crippen molar-refractivity contribution in [1.82, 2.24) is 4.90 Å². The first kappa shape index (κ1) is 16.0. The van der Waals surface area contributed by atoms with E-state index in [0.29, 0.717) is 12.2 Å². The van der Waals surface area contributed by atoms with E-state index in [-0.39, 0.29) is 17.4 Å². The van der Waals surface area contributed by atoms with Crippen molar-refractivity contribution in [1.29, 1.82) is 0 Å². The van der Waals surface area contributed by atoms with Gasteiger partial charge < -0.3 is 19.5 Å². The molecule has 0 bridgehead atoms. The third-order valence-electron chi connectivity index (χ3n) is 3.89. The number of hydrogen-bond acceptors (Lipinski definition) is 4. The predicted molar refractivity (Wildman–Crippen MR) is 75.0 cm³/mol. The van der Waals surface area contributed by atoms with Crippen LogP contribution >= 0.6 is 0 Å². The van der Waals surface area contributed by atoms with E-state index in [9.17, 15) is 13.9 Å². The van der Waals surface area contributed by atoms with Crippen LogP contribution in [0.3, 0.4) is 0 Å². The Kier molecular flexibility index (Phi) is 5.76. The van der Waals surface area contributed by atoms with E-state index < -0.39 is 6.61 Å². The van der Waals surface area contributed by atoms with Crippen molar-refractivity contribution in [3.63, 3.8) is 0 Å². The van der Waals surface area contributed by atoms with E-state index in [1.807, 2.05) is 0 Å². The van der Waals surface area contributed by atoms with Crippen molar-refractivity contribution in [2.75, 3.05) is 33.4 Å². The summed E-state index contributed by atoms with van der Waals surface area (Å²) in [7, 11) is 1.68. The number of likely N-dealkylation sites (tertiary alicyclic amines) is 1. The summed E-state index contributed by atoms with van der Waals surface area (Å²) in [5.41, 5.74) is 0.694. The Hall–Kier alpha value is -1.40. The number of para-hydroxylation sites is 1. The Labute approximate surface area is 123 Å². The molecule has 0 aliphatic carbocycles. The van der Waals surface area contributed by atoms with Gasteiger partial charge in [-0.15, -0.1) is 0 Å². The van der Waals surface area contributed by atoms with E-state index in [4.69, 9.17) is 4.74 Å². The minimum absolute atomic E-state index is 0.149. The number of alkyl halides is 2. The molecule has 1 aliphatic rings. The Bertz CT molecular complexity index is 449. The first-order valence-electron chi connectivity index (χ1n) is 7.09. The standard InChI is InChI=1S/C15H21F2NO3/c1-20-10-9-18-7-5-11(6-8-18)12-3-2-4-13(14(12)19)21-15(16)17/h2-4,11,15,19H,5-10H2,1H3. The summed E-state index contributed by atoms with van der Waals surface area (Å²) < 4.78 is 34.0. The van der Waals surface area contributed by atoms with Gasteiger partial charge in [0.2, 0.25) is 0 Å². The van der Waals surface area contributed by atoms with Crippen molar-refractivity contribution < 1.29 is 23.4 Å². The number of benzene rings is 1. The van der Waals surface area contributed by atoms with Gasteiger partial charge in [-0.25, -0.2) is 0 Å². The number of aromatic hydroxyl groups is 1.